The Morgan fingerprint density at radius 3 is 2.15 bits per heavy atom. The van der Waals surface area contributed by atoms with Gasteiger partial charge in [0.1, 0.15) is 0 Å². The SMILES string of the molecule is CN(C1CCC1C(=O)O)C(C)(C)C. The molecule has 13 heavy (non-hydrogen) atoms. The maximum Gasteiger partial charge on any atom is 0.308 e. The van der Waals surface area contributed by atoms with E-state index in [1.54, 1.807) is 0 Å². The van der Waals surface area contributed by atoms with Crippen LogP contribution in [0.5, 0.6) is 0 Å². The van der Waals surface area contributed by atoms with Gasteiger partial charge >= 0.3 is 5.97 Å². The molecule has 0 aliphatic heterocycles. The minimum absolute atomic E-state index is 0.0682. The number of carbonyl (C=O) groups is 1. The van der Waals surface area contributed by atoms with Crippen molar-refractivity contribution < 1.29 is 9.90 Å². The molecule has 3 heteroatoms. The topological polar surface area (TPSA) is 40.5 Å². The Morgan fingerprint density at radius 2 is 1.92 bits per heavy atom. The van der Waals surface area contributed by atoms with E-state index in [0.29, 0.717) is 0 Å². The van der Waals surface area contributed by atoms with Crippen LogP contribution in [0.1, 0.15) is 33.6 Å². The van der Waals surface area contributed by atoms with Crippen LogP contribution in [0, 0.1) is 5.92 Å². The van der Waals surface area contributed by atoms with Crippen molar-refractivity contribution in [3.05, 3.63) is 0 Å². The van der Waals surface area contributed by atoms with Crippen molar-refractivity contribution in [1.82, 2.24) is 4.90 Å². The average molecular weight is 185 g/mol. The molecular formula is C10H19NO2. The highest BCUT2D eigenvalue weighted by molar-refractivity contribution is 5.72. The zero-order valence-electron chi connectivity index (χ0n) is 8.87. The van der Waals surface area contributed by atoms with Gasteiger partial charge < -0.3 is 5.11 Å². The summed E-state index contributed by atoms with van der Waals surface area (Å²) in [6.45, 7) is 6.35. The van der Waals surface area contributed by atoms with Crippen LogP contribution in [0.3, 0.4) is 0 Å². The van der Waals surface area contributed by atoms with E-state index in [1.165, 1.54) is 0 Å². The van der Waals surface area contributed by atoms with Gasteiger partial charge in [-0.3, -0.25) is 9.69 Å². The first-order valence-electron chi connectivity index (χ1n) is 4.80. The first-order chi connectivity index (χ1) is 5.84. The molecular weight excluding hydrogens is 166 g/mol. The Hall–Kier alpha value is -0.570. The van der Waals surface area contributed by atoms with Crippen molar-refractivity contribution in [2.24, 2.45) is 5.92 Å². The van der Waals surface area contributed by atoms with Gasteiger partial charge in [-0.15, -0.1) is 0 Å². The third-order valence-electron chi connectivity index (χ3n) is 3.11. The number of carboxylic acids is 1. The lowest BCUT2D eigenvalue weighted by Gasteiger charge is -2.46. The van der Waals surface area contributed by atoms with Crippen LogP contribution in [0.2, 0.25) is 0 Å². The summed E-state index contributed by atoms with van der Waals surface area (Å²) < 4.78 is 0. The smallest absolute Gasteiger partial charge is 0.308 e. The molecule has 0 aromatic carbocycles. The number of hydrogen-bond acceptors (Lipinski definition) is 2. The molecule has 1 saturated carbocycles. The van der Waals surface area contributed by atoms with Gasteiger partial charge in [0.25, 0.3) is 0 Å². The van der Waals surface area contributed by atoms with Crippen molar-refractivity contribution in [2.45, 2.75) is 45.2 Å². The molecule has 0 radical (unpaired) electrons. The molecule has 2 atom stereocenters. The summed E-state index contributed by atoms with van der Waals surface area (Å²) in [7, 11) is 2.01. The molecule has 0 aromatic rings. The van der Waals surface area contributed by atoms with Gasteiger partial charge in [-0.25, -0.2) is 0 Å². The Kier molecular flexibility index (Phi) is 2.66. The molecule has 1 N–H and O–H groups in total. The summed E-state index contributed by atoms with van der Waals surface area (Å²) in [4.78, 5) is 13.0. The standard InChI is InChI=1S/C10H19NO2/c1-10(2,3)11(4)8-6-5-7(8)9(12)13/h7-8H,5-6H2,1-4H3,(H,12,13). The van der Waals surface area contributed by atoms with Gasteiger partial charge in [0.2, 0.25) is 0 Å². The normalized spacial score (nSPS) is 28.7. The van der Waals surface area contributed by atoms with E-state index in [-0.39, 0.29) is 17.5 Å². The third-order valence-corrected chi connectivity index (χ3v) is 3.11. The fourth-order valence-electron chi connectivity index (χ4n) is 1.73. The van der Waals surface area contributed by atoms with Crippen molar-refractivity contribution in [1.29, 1.82) is 0 Å². The Balaban J connectivity index is 2.59. The molecule has 76 valence electrons. The van der Waals surface area contributed by atoms with Gasteiger partial charge in [0, 0.05) is 11.6 Å². The summed E-state index contributed by atoms with van der Waals surface area (Å²) in [5.74, 6) is -0.795. The van der Waals surface area contributed by atoms with E-state index < -0.39 is 5.97 Å². The van der Waals surface area contributed by atoms with Gasteiger partial charge in [0.05, 0.1) is 5.92 Å². The van der Waals surface area contributed by atoms with Crippen LogP contribution >= 0.6 is 0 Å². The predicted molar refractivity (Wildman–Crippen MR) is 51.7 cm³/mol. The largest absolute Gasteiger partial charge is 0.481 e. The zero-order chi connectivity index (χ0) is 10.2. The monoisotopic (exact) mass is 185 g/mol. The Morgan fingerprint density at radius 1 is 1.38 bits per heavy atom. The first kappa shape index (κ1) is 10.5. The van der Waals surface area contributed by atoms with E-state index in [1.807, 2.05) is 7.05 Å². The van der Waals surface area contributed by atoms with E-state index in [0.717, 1.165) is 12.8 Å². The molecule has 0 bridgehead atoms. The molecule has 3 nitrogen and oxygen atoms in total. The molecule has 1 fully saturated rings. The Bertz CT molecular complexity index is 207. The van der Waals surface area contributed by atoms with E-state index in [2.05, 4.69) is 25.7 Å². The van der Waals surface area contributed by atoms with Crippen LogP contribution in [0.25, 0.3) is 0 Å². The summed E-state index contributed by atoms with van der Waals surface area (Å²) in [6, 6.07) is 0.234. The van der Waals surface area contributed by atoms with Gasteiger partial charge in [-0.2, -0.15) is 0 Å². The predicted octanol–water partition coefficient (Wildman–Crippen LogP) is 1.58. The quantitative estimate of drug-likeness (QED) is 0.710. The van der Waals surface area contributed by atoms with Crippen LogP contribution in [-0.2, 0) is 4.79 Å². The van der Waals surface area contributed by atoms with Crippen LogP contribution in [0.15, 0.2) is 0 Å². The number of aliphatic carboxylic acids is 1. The van der Waals surface area contributed by atoms with Crippen molar-refractivity contribution in [3.8, 4) is 0 Å². The lowest BCUT2D eigenvalue weighted by molar-refractivity contribution is -0.150. The van der Waals surface area contributed by atoms with E-state index >= 15 is 0 Å². The van der Waals surface area contributed by atoms with Gasteiger partial charge in [0.15, 0.2) is 0 Å². The number of carboxylic acid groups (broad SMARTS) is 1. The van der Waals surface area contributed by atoms with E-state index in [4.69, 9.17) is 5.11 Å². The molecule has 0 saturated heterocycles. The van der Waals surface area contributed by atoms with E-state index in [9.17, 15) is 4.79 Å². The third kappa shape index (κ3) is 2.02. The van der Waals surface area contributed by atoms with Crippen LogP contribution in [0.4, 0.5) is 0 Å². The molecule has 0 amide bonds. The van der Waals surface area contributed by atoms with Crippen LogP contribution in [-0.4, -0.2) is 34.6 Å². The minimum Gasteiger partial charge on any atom is -0.481 e. The molecule has 1 aliphatic carbocycles. The van der Waals surface area contributed by atoms with Crippen molar-refractivity contribution in [2.75, 3.05) is 7.05 Å². The summed E-state index contributed by atoms with van der Waals surface area (Å²) in [5.41, 5.74) is 0.0682. The highest BCUT2D eigenvalue weighted by Gasteiger charge is 2.41. The van der Waals surface area contributed by atoms with Gasteiger partial charge in [-0.05, 0) is 40.7 Å². The maximum absolute atomic E-state index is 10.8. The molecule has 1 aliphatic rings. The summed E-state index contributed by atoms with van der Waals surface area (Å²) in [5, 5.41) is 8.89. The second-order valence-corrected chi connectivity index (χ2v) is 4.87. The van der Waals surface area contributed by atoms with Gasteiger partial charge in [-0.1, -0.05) is 0 Å². The molecule has 1 rings (SSSR count). The number of rotatable bonds is 2. The van der Waals surface area contributed by atoms with Crippen molar-refractivity contribution in [3.63, 3.8) is 0 Å². The fourth-order valence-corrected chi connectivity index (χ4v) is 1.73. The lowest BCUT2D eigenvalue weighted by Crippen LogP contribution is -2.55. The second-order valence-electron chi connectivity index (χ2n) is 4.87. The molecule has 0 heterocycles. The fraction of sp³-hybridized carbons (Fsp3) is 0.900. The maximum atomic E-state index is 10.8. The number of hydrogen-bond donors (Lipinski definition) is 1. The van der Waals surface area contributed by atoms with Crippen molar-refractivity contribution >= 4 is 5.97 Å². The summed E-state index contributed by atoms with van der Waals surface area (Å²) >= 11 is 0. The number of nitrogens with zero attached hydrogens (tertiary/aromatic N) is 1. The lowest BCUT2D eigenvalue weighted by atomic mass is 9.77. The molecule has 2 unspecified atom stereocenters. The van der Waals surface area contributed by atoms with Crippen LogP contribution < -0.4 is 0 Å². The Labute approximate surface area is 79.7 Å². The molecule has 0 spiro atoms. The average Bonchev–Trinajstić information content (AvgIpc) is 1.80. The zero-order valence-corrected chi connectivity index (χ0v) is 8.87. The molecule has 0 aromatic heterocycles. The highest BCUT2D eigenvalue weighted by Crippen LogP contribution is 2.34. The highest BCUT2D eigenvalue weighted by atomic mass is 16.4. The first-order valence-corrected chi connectivity index (χ1v) is 4.80. The minimum atomic E-state index is -0.646. The summed E-state index contributed by atoms with van der Waals surface area (Å²) in [6.07, 6.45) is 1.85. The second kappa shape index (κ2) is 3.29.